The van der Waals surface area contributed by atoms with E-state index in [1.807, 2.05) is 36.4 Å². The molecule has 200 valence electrons. The minimum Gasteiger partial charge on any atom is -0.461 e. The Morgan fingerprint density at radius 1 is 1.05 bits per heavy atom. The first-order valence-electron chi connectivity index (χ1n) is 13.1. The van der Waals surface area contributed by atoms with E-state index in [2.05, 4.69) is 10.3 Å². The quantitative estimate of drug-likeness (QED) is 0.325. The van der Waals surface area contributed by atoms with Gasteiger partial charge in [-0.05, 0) is 44.4 Å². The second kappa shape index (κ2) is 9.32. The van der Waals surface area contributed by atoms with Gasteiger partial charge in [0.15, 0.2) is 0 Å². The van der Waals surface area contributed by atoms with Gasteiger partial charge in [0, 0.05) is 19.7 Å². The third kappa shape index (κ3) is 3.67. The number of aliphatic hydroxyl groups excluding tert-OH is 1. The summed E-state index contributed by atoms with van der Waals surface area (Å²) in [6, 6.07) is 6.57. The fraction of sp³-hybridized carbons (Fsp3) is 0.519. The normalized spacial score (nSPS) is 32.3. The number of rotatable bonds is 7. The molecule has 4 aliphatic rings. The van der Waals surface area contributed by atoms with E-state index in [4.69, 9.17) is 9.47 Å². The monoisotopic (exact) mass is 521 g/mol. The molecule has 11 nitrogen and oxygen atoms in total. The van der Waals surface area contributed by atoms with E-state index < -0.39 is 35.0 Å². The molecule has 1 unspecified atom stereocenters. The van der Waals surface area contributed by atoms with E-state index in [1.54, 1.807) is 33.6 Å². The Labute approximate surface area is 219 Å². The number of carbonyl (C=O) groups is 3. The van der Waals surface area contributed by atoms with Crippen molar-refractivity contribution in [3.63, 3.8) is 0 Å². The standard InChI is InChI=1S/C27H31N5O6/c1-26-11-8-16-37-25(36)21(26)20-23(34)31(14-5-2-6-15-33)22-24(35)30(13-7-12-27(20,22)38-26)17-32-19-10-4-3-9-18(19)28-29-32/h3-4,7-12,20-22,33H,2,5-6,13-17H2,1H3/t20-,21+,22?,26-,27-/m0/s1. The molecule has 0 bridgehead atoms. The molecule has 2 saturated heterocycles. The van der Waals surface area contributed by atoms with Gasteiger partial charge in [-0.3, -0.25) is 14.4 Å². The maximum Gasteiger partial charge on any atom is 0.313 e. The van der Waals surface area contributed by atoms with Crippen molar-refractivity contribution in [1.82, 2.24) is 24.8 Å². The van der Waals surface area contributed by atoms with E-state index in [-0.39, 0.29) is 38.2 Å². The predicted molar refractivity (Wildman–Crippen MR) is 134 cm³/mol. The van der Waals surface area contributed by atoms with Crippen molar-refractivity contribution < 1.29 is 29.0 Å². The van der Waals surface area contributed by atoms with Gasteiger partial charge in [0.2, 0.25) is 5.91 Å². The van der Waals surface area contributed by atoms with Crippen LogP contribution in [0.2, 0.25) is 0 Å². The molecule has 6 rings (SSSR count). The lowest BCUT2D eigenvalue weighted by Crippen LogP contribution is -2.56. The second-order valence-electron chi connectivity index (χ2n) is 10.5. The van der Waals surface area contributed by atoms with Gasteiger partial charge in [-0.15, -0.1) is 5.10 Å². The first-order valence-corrected chi connectivity index (χ1v) is 13.1. The number of benzene rings is 1. The highest BCUT2D eigenvalue weighted by Gasteiger charge is 2.74. The lowest BCUT2D eigenvalue weighted by atomic mass is 9.75. The molecule has 1 aromatic heterocycles. The summed E-state index contributed by atoms with van der Waals surface area (Å²) in [5.41, 5.74) is -0.883. The number of fused-ring (bicyclic) bond motifs is 3. The van der Waals surface area contributed by atoms with Gasteiger partial charge in [0.25, 0.3) is 5.91 Å². The third-order valence-corrected chi connectivity index (χ3v) is 8.18. The first-order chi connectivity index (χ1) is 18.4. The number of amides is 2. The highest BCUT2D eigenvalue weighted by molar-refractivity contribution is 5.99. The fourth-order valence-electron chi connectivity index (χ4n) is 6.52. The molecule has 1 aromatic carbocycles. The van der Waals surface area contributed by atoms with Crippen LogP contribution in [0.3, 0.4) is 0 Å². The molecule has 0 aliphatic carbocycles. The van der Waals surface area contributed by atoms with Gasteiger partial charge >= 0.3 is 5.97 Å². The molecule has 1 N–H and O–H groups in total. The summed E-state index contributed by atoms with van der Waals surface area (Å²) < 4.78 is 13.8. The number of cyclic esters (lactones) is 1. The average molecular weight is 522 g/mol. The van der Waals surface area contributed by atoms with E-state index >= 15 is 0 Å². The van der Waals surface area contributed by atoms with Crippen LogP contribution in [0, 0.1) is 11.8 Å². The molecule has 2 amide bonds. The van der Waals surface area contributed by atoms with Gasteiger partial charge in [-0.25, -0.2) is 4.68 Å². The maximum absolute atomic E-state index is 14.3. The van der Waals surface area contributed by atoms with Crippen LogP contribution in [0.1, 0.15) is 26.2 Å². The van der Waals surface area contributed by atoms with E-state index in [1.165, 1.54) is 0 Å². The number of aromatic nitrogens is 3. The van der Waals surface area contributed by atoms with Crippen LogP contribution < -0.4 is 0 Å². The zero-order valence-electron chi connectivity index (χ0n) is 21.2. The Kier molecular flexibility index (Phi) is 6.07. The lowest BCUT2D eigenvalue weighted by Gasteiger charge is -2.37. The largest absolute Gasteiger partial charge is 0.461 e. The molecule has 0 radical (unpaired) electrons. The Bertz CT molecular complexity index is 1340. The highest BCUT2D eigenvalue weighted by Crippen LogP contribution is 2.57. The summed E-state index contributed by atoms with van der Waals surface area (Å²) in [7, 11) is 0. The zero-order chi connectivity index (χ0) is 26.5. The minimum absolute atomic E-state index is 0.0625. The Morgan fingerprint density at radius 2 is 1.89 bits per heavy atom. The summed E-state index contributed by atoms with van der Waals surface area (Å²) in [6.07, 6.45) is 9.09. The fourth-order valence-corrected chi connectivity index (χ4v) is 6.52. The van der Waals surface area contributed by atoms with Gasteiger partial charge < -0.3 is 24.4 Å². The number of hydrogen-bond donors (Lipinski definition) is 1. The van der Waals surface area contributed by atoms with Crippen LogP contribution in [-0.4, -0.2) is 91.2 Å². The van der Waals surface area contributed by atoms with Crippen molar-refractivity contribution in [2.45, 2.75) is 50.1 Å². The zero-order valence-corrected chi connectivity index (χ0v) is 21.2. The summed E-state index contributed by atoms with van der Waals surface area (Å²) in [5, 5.41) is 17.7. The Morgan fingerprint density at radius 3 is 2.74 bits per heavy atom. The number of carbonyl (C=O) groups excluding carboxylic acids is 3. The number of aliphatic hydroxyl groups is 1. The molecule has 2 aromatic rings. The van der Waals surface area contributed by atoms with Crippen molar-refractivity contribution in [2.75, 3.05) is 26.3 Å². The minimum atomic E-state index is -1.32. The number of likely N-dealkylation sites (tertiary alicyclic amines) is 1. The molecule has 0 saturated carbocycles. The van der Waals surface area contributed by atoms with Gasteiger partial charge in [-0.1, -0.05) is 35.6 Å². The Hall–Kier alpha value is -3.57. The smallest absolute Gasteiger partial charge is 0.313 e. The SMILES string of the molecule is C[C@]12C=CCOC(=O)[C@H]1[C@H]1C(=O)N(CCCCCO)C3C(=O)N(Cn4nnc5ccccc54)CC=C[C@@]31O2. The van der Waals surface area contributed by atoms with Crippen LogP contribution in [0.25, 0.3) is 11.0 Å². The summed E-state index contributed by atoms with van der Waals surface area (Å²) in [5.74, 6) is -2.82. The topological polar surface area (TPSA) is 127 Å². The predicted octanol–water partition coefficient (Wildman–Crippen LogP) is 1.03. The molecule has 11 heteroatoms. The molecule has 4 aliphatic heterocycles. The van der Waals surface area contributed by atoms with Crippen LogP contribution >= 0.6 is 0 Å². The van der Waals surface area contributed by atoms with Crippen molar-refractivity contribution in [2.24, 2.45) is 11.8 Å². The first kappa shape index (κ1) is 24.7. The van der Waals surface area contributed by atoms with Gasteiger partial charge in [0.1, 0.15) is 36.4 Å². The molecule has 5 heterocycles. The van der Waals surface area contributed by atoms with Crippen molar-refractivity contribution in [1.29, 1.82) is 0 Å². The Balaban J connectivity index is 1.39. The molecular weight excluding hydrogens is 490 g/mol. The summed E-state index contributed by atoms with van der Waals surface area (Å²) in [4.78, 5) is 44.7. The van der Waals surface area contributed by atoms with Crippen molar-refractivity contribution in [3.05, 3.63) is 48.6 Å². The van der Waals surface area contributed by atoms with Crippen LogP contribution in [0.5, 0.6) is 0 Å². The third-order valence-electron chi connectivity index (χ3n) is 8.18. The van der Waals surface area contributed by atoms with Gasteiger partial charge in [-0.2, -0.15) is 0 Å². The highest BCUT2D eigenvalue weighted by atomic mass is 16.6. The number of unbranched alkanes of at least 4 members (excludes halogenated alkanes) is 2. The molecule has 38 heavy (non-hydrogen) atoms. The number of esters is 1. The van der Waals surface area contributed by atoms with E-state index in [9.17, 15) is 19.5 Å². The summed E-state index contributed by atoms with van der Waals surface area (Å²) in [6.45, 7) is 2.72. The van der Waals surface area contributed by atoms with E-state index in [0.717, 1.165) is 11.0 Å². The molecule has 1 spiro atoms. The number of ether oxygens (including phenoxy) is 2. The van der Waals surface area contributed by atoms with Crippen molar-refractivity contribution in [3.8, 4) is 0 Å². The van der Waals surface area contributed by atoms with Crippen molar-refractivity contribution >= 4 is 28.8 Å². The molecule has 2 fully saturated rings. The number of hydrogen-bond acceptors (Lipinski definition) is 8. The molecule has 5 atom stereocenters. The summed E-state index contributed by atoms with van der Waals surface area (Å²) >= 11 is 0. The van der Waals surface area contributed by atoms with Crippen LogP contribution in [-0.2, 0) is 30.5 Å². The number of nitrogens with zero attached hydrogens (tertiary/aromatic N) is 5. The average Bonchev–Trinajstić information content (AvgIpc) is 3.42. The van der Waals surface area contributed by atoms with E-state index in [0.29, 0.717) is 25.8 Å². The second-order valence-corrected chi connectivity index (χ2v) is 10.5. The van der Waals surface area contributed by atoms with Gasteiger partial charge in [0.05, 0.1) is 17.0 Å². The lowest BCUT2D eigenvalue weighted by molar-refractivity contribution is -0.158. The molecular formula is C27H31N5O6. The van der Waals surface area contributed by atoms with Crippen LogP contribution in [0.4, 0.5) is 0 Å². The van der Waals surface area contributed by atoms with Crippen LogP contribution in [0.15, 0.2) is 48.6 Å². The number of para-hydroxylation sites is 1. The maximum atomic E-state index is 14.3.